The van der Waals surface area contributed by atoms with E-state index in [0.29, 0.717) is 0 Å². The maximum atomic E-state index is 12.9. The second-order valence-electron chi connectivity index (χ2n) is 5.31. The topological polar surface area (TPSA) is 43.8 Å². The first kappa shape index (κ1) is 14.9. The number of halogens is 1. The van der Waals surface area contributed by atoms with Gasteiger partial charge in [-0.15, -0.1) is 0 Å². The molecule has 1 saturated heterocycles. The third kappa shape index (κ3) is 4.02. The highest BCUT2D eigenvalue weighted by Gasteiger charge is 2.23. The zero-order chi connectivity index (χ0) is 14.5. The molecule has 110 valence electrons. The summed E-state index contributed by atoms with van der Waals surface area (Å²) in [5.41, 5.74) is 1.09. The van der Waals surface area contributed by atoms with Crippen LogP contribution in [0.2, 0.25) is 0 Å². The molecule has 0 spiro atoms. The molecule has 0 aromatic heterocycles. The average molecular weight is 280 g/mol. The lowest BCUT2D eigenvalue weighted by Gasteiger charge is -2.24. The van der Waals surface area contributed by atoms with Gasteiger partial charge < -0.3 is 5.11 Å². The minimum Gasteiger partial charge on any atom is -0.480 e. The van der Waals surface area contributed by atoms with E-state index in [-0.39, 0.29) is 5.82 Å². The number of hydrogen-bond donors (Lipinski definition) is 1. The summed E-state index contributed by atoms with van der Waals surface area (Å²) in [6, 6.07) is 6.13. The summed E-state index contributed by atoms with van der Waals surface area (Å²) in [7, 11) is 0. The molecule has 0 bridgehead atoms. The summed E-state index contributed by atoms with van der Waals surface area (Å²) in [4.78, 5) is 15.3. The molecule has 1 atom stereocenters. The summed E-state index contributed by atoms with van der Waals surface area (Å²) >= 11 is 0. The largest absolute Gasteiger partial charge is 0.480 e. The van der Waals surface area contributed by atoms with Crippen molar-refractivity contribution in [3.63, 3.8) is 0 Å². The molecule has 4 nitrogen and oxygen atoms in total. The molecule has 0 unspecified atom stereocenters. The van der Waals surface area contributed by atoms with Gasteiger partial charge >= 0.3 is 5.97 Å². The maximum Gasteiger partial charge on any atom is 0.320 e. The van der Waals surface area contributed by atoms with Crippen LogP contribution in [0.25, 0.3) is 0 Å². The lowest BCUT2D eigenvalue weighted by molar-refractivity contribution is -0.142. The normalized spacial score (nSPS) is 19.5. The van der Waals surface area contributed by atoms with Crippen LogP contribution >= 0.6 is 0 Å². The van der Waals surface area contributed by atoms with Crippen LogP contribution in [0, 0.1) is 5.82 Å². The van der Waals surface area contributed by atoms with Crippen molar-refractivity contribution in [2.45, 2.75) is 25.9 Å². The average Bonchev–Trinajstić information content (AvgIpc) is 2.66. The lowest BCUT2D eigenvalue weighted by atomic mass is 10.2. The quantitative estimate of drug-likeness (QED) is 0.913. The fourth-order valence-corrected chi connectivity index (χ4v) is 2.54. The molecule has 0 aliphatic carbocycles. The predicted octanol–water partition coefficient (Wildman–Crippen LogP) is 1.81. The van der Waals surface area contributed by atoms with Crippen LogP contribution in [-0.4, -0.2) is 53.1 Å². The van der Waals surface area contributed by atoms with Crippen LogP contribution in [0.4, 0.5) is 4.39 Å². The number of benzene rings is 1. The first-order chi connectivity index (χ1) is 9.56. The van der Waals surface area contributed by atoms with E-state index in [9.17, 15) is 9.18 Å². The molecule has 1 aromatic rings. The lowest BCUT2D eigenvalue weighted by Crippen LogP contribution is -2.41. The number of carboxylic acids is 1. The van der Waals surface area contributed by atoms with Gasteiger partial charge in [-0.1, -0.05) is 12.1 Å². The third-order valence-electron chi connectivity index (χ3n) is 3.85. The van der Waals surface area contributed by atoms with E-state index in [0.717, 1.165) is 44.7 Å². The van der Waals surface area contributed by atoms with Gasteiger partial charge in [0.05, 0.1) is 0 Å². The van der Waals surface area contributed by atoms with E-state index < -0.39 is 12.0 Å². The minimum absolute atomic E-state index is 0.217. The van der Waals surface area contributed by atoms with Crippen molar-refractivity contribution in [1.29, 1.82) is 0 Å². The Labute approximate surface area is 118 Å². The zero-order valence-electron chi connectivity index (χ0n) is 11.8. The Kier molecular flexibility index (Phi) is 5.09. The number of rotatable bonds is 4. The van der Waals surface area contributed by atoms with E-state index in [1.165, 1.54) is 12.1 Å². The summed E-state index contributed by atoms with van der Waals surface area (Å²) in [6.45, 7) is 5.88. The fraction of sp³-hybridized carbons (Fsp3) is 0.533. The highest BCUT2D eigenvalue weighted by Crippen LogP contribution is 2.11. The second-order valence-corrected chi connectivity index (χ2v) is 5.31. The molecule has 1 fully saturated rings. The van der Waals surface area contributed by atoms with Crippen molar-refractivity contribution >= 4 is 5.97 Å². The molecule has 0 radical (unpaired) electrons. The first-order valence-electron chi connectivity index (χ1n) is 7.00. The van der Waals surface area contributed by atoms with Crippen LogP contribution in [0.15, 0.2) is 24.3 Å². The van der Waals surface area contributed by atoms with Gasteiger partial charge in [0.1, 0.15) is 11.9 Å². The Morgan fingerprint density at radius 2 is 1.95 bits per heavy atom. The van der Waals surface area contributed by atoms with Gasteiger partial charge in [-0.05, 0) is 37.6 Å². The zero-order valence-corrected chi connectivity index (χ0v) is 11.8. The van der Waals surface area contributed by atoms with Gasteiger partial charge in [0.15, 0.2) is 0 Å². The van der Waals surface area contributed by atoms with Crippen molar-refractivity contribution in [2.75, 3.05) is 26.2 Å². The van der Waals surface area contributed by atoms with Crippen LogP contribution in [0.3, 0.4) is 0 Å². The van der Waals surface area contributed by atoms with E-state index in [1.54, 1.807) is 19.1 Å². The Morgan fingerprint density at radius 1 is 1.25 bits per heavy atom. The molecule has 2 rings (SSSR count). The van der Waals surface area contributed by atoms with Gasteiger partial charge in [0, 0.05) is 26.2 Å². The monoisotopic (exact) mass is 280 g/mol. The van der Waals surface area contributed by atoms with Crippen molar-refractivity contribution in [1.82, 2.24) is 9.80 Å². The molecular formula is C15H21FN2O2. The van der Waals surface area contributed by atoms with E-state index in [1.807, 2.05) is 4.90 Å². The number of hydrogen-bond acceptors (Lipinski definition) is 3. The van der Waals surface area contributed by atoms with E-state index >= 15 is 0 Å². The number of aliphatic carboxylic acids is 1. The van der Waals surface area contributed by atoms with Gasteiger partial charge in [0.25, 0.3) is 0 Å². The highest BCUT2D eigenvalue weighted by molar-refractivity contribution is 5.72. The smallest absolute Gasteiger partial charge is 0.320 e. The predicted molar refractivity (Wildman–Crippen MR) is 75.0 cm³/mol. The van der Waals surface area contributed by atoms with Gasteiger partial charge in [-0.2, -0.15) is 0 Å². The Bertz CT molecular complexity index is 450. The molecule has 20 heavy (non-hydrogen) atoms. The van der Waals surface area contributed by atoms with Crippen LogP contribution in [0.5, 0.6) is 0 Å². The van der Waals surface area contributed by atoms with Gasteiger partial charge in [-0.3, -0.25) is 14.6 Å². The Morgan fingerprint density at radius 3 is 2.60 bits per heavy atom. The summed E-state index contributed by atoms with van der Waals surface area (Å²) < 4.78 is 12.9. The van der Waals surface area contributed by atoms with Crippen LogP contribution in [-0.2, 0) is 11.3 Å². The minimum atomic E-state index is -0.767. The number of carbonyl (C=O) groups is 1. The molecule has 0 amide bonds. The van der Waals surface area contributed by atoms with Crippen LogP contribution < -0.4 is 0 Å². The second kappa shape index (κ2) is 6.81. The molecule has 5 heteroatoms. The van der Waals surface area contributed by atoms with Crippen molar-refractivity contribution in [2.24, 2.45) is 0 Å². The molecule has 0 saturated carbocycles. The fourth-order valence-electron chi connectivity index (χ4n) is 2.54. The van der Waals surface area contributed by atoms with E-state index in [4.69, 9.17) is 5.11 Å². The Balaban J connectivity index is 1.89. The summed E-state index contributed by atoms with van der Waals surface area (Å²) in [5, 5.41) is 9.06. The molecule has 1 aliphatic rings. The molecular weight excluding hydrogens is 259 g/mol. The maximum absolute atomic E-state index is 12.9. The standard InChI is InChI=1S/C15H21FN2O2/c1-12(15(19)20)18-8-2-7-17(9-10-18)11-13-3-5-14(16)6-4-13/h3-6,12H,2,7-11H2,1H3,(H,19,20)/t12-/m0/s1. The number of nitrogens with zero attached hydrogens (tertiary/aromatic N) is 2. The SMILES string of the molecule is C[C@@H](C(=O)O)N1CCCN(Cc2ccc(F)cc2)CC1. The van der Waals surface area contributed by atoms with Gasteiger partial charge in [0.2, 0.25) is 0 Å². The van der Waals surface area contributed by atoms with Crippen molar-refractivity contribution in [3.8, 4) is 0 Å². The van der Waals surface area contributed by atoms with Crippen molar-refractivity contribution < 1.29 is 14.3 Å². The number of carboxylic acid groups (broad SMARTS) is 1. The Hall–Kier alpha value is -1.46. The van der Waals surface area contributed by atoms with Crippen LogP contribution in [0.1, 0.15) is 18.9 Å². The third-order valence-corrected chi connectivity index (χ3v) is 3.85. The first-order valence-corrected chi connectivity index (χ1v) is 7.00. The molecule has 1 N–H and O–H groups in total. The van der Waals surface area contributed by atoms with Gasteiger partial charge in [-0.25, -0.2) is 4.39 Å². The summed E-state index contributed by atoms with van der Waals surface area (Å²) in [6.07, 6.45) is 0.957. The molecule has 1 aliphatic heterocycles. The highest BCUT2D eigenvalue weighted by atomic mass is 19.1. The van der Waals surface area contributed by atoms with Crippen molar-refractivity contribution in [3.05, 3.63) is 35.6 Å². The molecule has 1 heterocycles. The molecule has 1 aromatic carbocycles. The van der Waals surface area contributed by atoms with E-state index in [2.05, 4.69) is 4.90 Å². The summed E-state index contributed by atoms with van der Waals surface area (Å²) in [5.74, 6) is -0.983.